The molecule has 3 rings (SSSR count). The highest BCUT2D eigenvalue weighted by Gasteiger charge is 2.40. The van der Waals surface area contributed by atoms with Crippen LogP contribution in [0.4, 0.5) is 0 Å². The van der Waals surface area contributed by atoms with E-state index in [9.17, 15) is 4.79 Å². The van der Waals surface area contributed by atoms with E-state index in [1.807, 2.05) is 18.3 Å². The molecule has 0 spiro atoms. The molecule has 1 saturated carbocycles. The van der Waals surface area contributed by atoms with E-state index in [2.05, 4.69) is 21.2 Å². The lowest BCUT2D eigenvalue weighted by Crippen LogP contribution is -2.46. The van der Waals surface area contributed by atoms with Gasteiger partial charge in [0.2, 0.25) is 5.91 Å². The Labute approximate surface area is 119 Å². The van der Waals surface area contributed by atoms with Gasteiger partial charge in [-0.15, -0.1) is 0 Å². The molecule has 3 unspecified atom stereocenters. The summed E-state index contributed by atoms with van der Waals surface area (Å²) < 4.78 is 0. The number of rotatable bonds is 4. The Balaban J connectivity index is 1.47. The van der Waals surface area contributed by atoms with Crippen molar-refractivity contribution in [3.05, 3.63) is 30.1 Å². The number of hydrogen-bond acceptors (Lipinski definition) is 4. The number of nitrogens with zero attached hydrogens (tertiary/aromatic N) is 1. The zero-order valence-electron chi connectivity index (χ0n) is 11.6. The van der Waals surface area contributed by atoms with Crippen molar-refractivity contribution in [2.45, 2.75) is 44.2 Å². The number of hydrazine groups is 1. The van der Waals surface area contributed by atoms with Gasteiger partial charge in [0.05, 0.1) is 0 Å². The number of amides is 1. The molecule has 1 aromatic rings. The number of pyridine rings is 1. The molecule has 2 aliphatic rings. The summed E-state index contributed by atoms with van der Waals surface area (Å²) in [6, 6.07) is 4.35. The van der Waals surface area contributed by atoms with E-state index in [1.54, 1.807) is 6.20 Å². The maximum absolute atomic E-state index is 12.3. The van der Waals surface area contributed by atoms with Gasteiger partial charge < -0.3 is 5.32 Å². The Bertz CT molecular complexity index is 450. The van der Waals surface area contributed by atoms with Crippen LogP contribution in [0, 0.1) is 5.92 Å². The Hall–Kier alpha value is -1.46. The number of fused-ring (bicyclic) bond motifs is 1. The zero-order chi connectivity index (χ0) is 13.8. The van der Waals surface area contributed by atoms with Crippen LogP contribution in [0.1, 0.15) is 31.2 Å². The average Bonchev–Trinajstić information content (AvgIpc) is 2.92. The Morgan fingerprint density at radius 3 is 3.10 bits per heavy atom. The first-order valence-corrected chi connectivity index (χ1v) is 7.52. The summed E-state index contributed by atoms with van der Waals surface area (Å²) in [6.07, 6.45) is 9.27. The fourth-order valence-electron chi connectivity index (χ4n) is 3.29. The molecule has 0 aromatic carbocycles. The van der Waals surface area contributed by atoms with Crippen LogP contribution in [0.25, 0.3) is 0 Å². The molecular weight excluding hydrogens is 252 g/mol. The van der Waals surface area contributed by atoms with Gasteiger partial charge in [0, 0.05) is 30.9 Å². The number of carbonyl (C=O) groups excluding carboxylic acids is 1. The Kier molecular flexibility index (Phi) is 4.28. The van der Waals surface area contributed by atoms with E-state index in [-0.39, 0.29) is 11.9 Å². The van der Waals surface area contributed by atoms with Crippen molar-refractivity contribution in [3.63, 3.8) is 0 Å². The second-order valence-electron chi connectivity index (χ2n) is 5.72. The minimum absolute atomic E-state index is 0.0748. The lowest BCUT2D eigenvalue weighted by molar-refractivity contribution is -0.123. The van der Waals surface area contributed by atoms with Crippen LogP contribution in [-0.4, -0.2) is 29.5 Å². The van der Waals surface area contributed by atoms with Crippen LogP contribution in [-0.2, 0) is 11.2 Å². The maximum atomic E-state index is 12.3. The lowest BCUT2D eigenvalue weighted by Gasteiger charge is -2.26. The van der Waals surface area contributed by atoms with Gasteiger partial charge in [-0.1, -0.05) is 18.9 Å². The standard InChI is InChI=1S/C15H22N4O/c20-15(17-9-7-11-4-3-8-16-10-11)14-12-5-1-2-6-13(12)18-19-14/h3-4,8,10,12-14,18-19H,1-2,5-7,9H2,(H,17,20). The topological polar surface area (TPSA) is 66.0 Å². The molecule has 5 nitrogen and oxygen atoms in total. The third-order valence-corrected chi connectivity index (χ3v) is 4.39. The smallest absolute Gasteiger partial charge is 0.238 e. The molecule has 1 amide bonds. The predicted octanol–water partition coefficient (Wildman–Crippen LogP) is 0.775. The molecule has 108 valence electrons. The van der Waals surface area contributed by atoms with Crippen molar-refractivity contribution in [2.75, 3.05) is 6.54 Å². The molecular formula is C15H22N4O. The van der Waals surface area contributed by atoms with Crippen molar-refractivity contribution in [1.82, 2.24) is 21.2 Å². The molecule has 1 saturated heterocycles. The second-order valence-corrected chi connectivity index (χ2v) is 5.72. The van der Waals surface area contributed by atoms with Gasteiger partial charge in [0.15, 0.2) is 0 Å². The summed E-state index contributed by atoms with van der Waals surface area (Å²) in [5.74, 6) is 0.568. The van der Waals surface area contributed by atoms with Crippen molar-refractivity contribution >= 4 is 5.91 Å². The first-order chi connectivity index (χ1) is 9.84. The fourth-order valence-corrected chi connectivity index (χ4v) is 3.29. The van der Waals surface area contributed by atoms with Crippen molar-refractivity contribution in [1.29, 1.82) is 0 Å². The van der Waals surface area contributed by atoms with Gasteiger partial charge in [-0.05, 0) is 30.9 Å². The molecule has 2 fully saturated rings. The first kappa shape index (κ1) is 13.5. The number of nitrogens with one attached hydrogen (secondary N) is 3. The Morgan fingerprint density at radius 1 is 1.35 bits per heavy atom. The lowest BCUT2D eigenvalue weighted by atomic mass is 9.81. The summed E-state index contributed by atoms with van der Waals surface area (Å²) in [6.45, 7) is 0.667. The summed E-state index contributed by atoms with van der Waals surface area (Å²) in [5.41, 5.74) is 7.60. The largest absolute Gasteiger partial charge is 0.354 e. The normalized spacial score (nSPS) is 28.9. The van der Waals surface area contributed by atoms with Crippen molar-refractivity contribution in [2.24, 2.45) is 5.92 Å². The first-order valence-electron chi connectivity index (χ1n) is 7.52. The van der Waals surface area contributed by atoms with Crippen LogP contribution in [0.5, 0.6) is 0 Å². The number of hydrogen-bond donors (Lipinski definition) is 3. The minimum atomic E-state index is -0.0748. The molecule has 20 heavy (non-hydrogen) atoms. The molecule has 1 aliphatic heterocycles. The van der Waals surface area contributed by atoms with E-state index in [0.29, 0.717) is 18.5 Å². The van der Waals surface area contributed by atoms with Crippen LogP contribution in [0.2, 0.25) is 0 Å². The number of carbonyl (C=O) groups is 1. The molecule has 3 atom stereocenters. The van der Waals surface area contributed by atoms with E-state index in [4.69, 9.17) is 0 Å². The van der Waals surface area contributed by atoms with Crippen LogP contribution in [0.15, 0.2) is 24.5 Å². The van der Waals surface area contributed by atoms with Gasteiger partial charge in [-0.3, -0.25) is 15.2 Å². The molecule has 1 aromatic heterocycles. The molecule has 3 N–H and O–H groups in total. The highest BCUT2D eigenvalue weighted by molar-refractivity contribution is 5.82. The monoisotopic (exact) mass is 274 g/mol. The van der Waals surface area contributed by atoms with Gasteiger partial charge >= 0.3 is 0 Å². The van der Waals surface area contributed by atoms with Crippen LogP contribution in [0.3, 0.4) is 0 Å². The van der Waals surface area contributed by atoms with Crippen LogP contribution >= 0.6 is 0 Å². The average molecular weight is 274 g/mol. The third-order valence-electron chi connectivity index (χ3n) is 4.39. The molecule has 1 aliphatic carbocycles. The van der Waals surface area contributed by atoms with Crippen molar-refractivity contribution < 1.29 is 4.79 Å². The minimum Gasteiger partial charge on any atom is -0.354 e. The van der Waals surface area contributed by atoms with E-state index in [1.165, 1.54) is 19.3 Å². The highest BCUT2D eigenvalue weighted by Crippen LogP contribution is 2.29. The quantitative estimate of drug-likeness (QED) is 0.759. The highest BCUT2D eigenvalue weighted by atomic mass is 16.2. The molecule has 0 radical (unpaired) electrons. The third kappa shape index (κ3) is 2.99. The fraction of sp³-hybridized carbons (Fsp3) is 0.600. The molecule has 2 heterocycles. The van der Waals surface area contributed by atoms with E-state index in [0.717, 1.165) is 18.4 Å². The van der Waals surface area contributed by atoms with Gasteiger partial charge in [-0.2, -0.15) is 0 Å². The molecule has 5 heteroatoms. The maximum Gasteiger partial charge on any atom is 0.238 e. The summed E-state index contributed by atoms with van der Waals surface area (Å²) in [4.78, 5) is 16.3. The van der Waals surface area contributed by atoms with E-state index < -0.39 is 0 Å². The number of aromatic nitrogens is 1. The van der Waals surface area contributed by atoms with E-state index >= 15 is 0 Å². The van der Waals surface area contributed by atoms with Gasteiger partial charge in [0.1, 0.15) is 6.04 Å². The predicted molar refractivity (Wildman–Crippen MR) is 76.8 cm³/mol. The van der Waals surface area contributed by atoms with Crippen LogP contribution < -0.4 is 16.2 Å². The SMILES string of the molecule is O=C(NCCc1cccnc1)C1NNC2CCCCC21. The van der Waals surface area contributed by atoms with Gasteiger partial charge in [0.25, 0.3) is 0 Å². The summed E-state index contributed by atoms with van der Waals surface area (Å²) in [7, 11) is 0. The van der Waals surface area contributed by atoms with Crippen molar-refractivity contribution in [3.8, 4) is 0 Å². The summed E-state index contributed by atoms with van der Waals surface area (Å²) in [5, 5.41) is 3.04. The second kappa shape index (κ2) is 6.33. The van der Waals surface area contributed by atoms with Gasteiger partial charge in [-0.25, -0.2) is 5.43 Å². The molecule has 0 bridgehead atoms. The zero-order valence-corrected chi connectivity index (χ0v) is 11.6. The summed E-state index contributed by atoms with van der Waals surface area (Å²) >= 11 is 0. The Morgan fingerprint density at radius 2 is 2.25 bits per heavy atom.